The van der Waals surface area contributed by atoms with E-state index < -0.39 is 24.1 Å². The molecule has 0 bridgehead atoms. The van der Waals surface area contributed by atoms with Crippen molar-refractivity contribution in [3.63, 3.8) is 0 Å². The molecule has 0 unspecified atom stereocenters. The first-order chi connectivity index (χ1) is 23.6. The lowest BCUT2D eigenvalue weighted by Gasteiger charge is -2.34. The summed E-state index contributed by atoms with van der Waals surface area (Å²) in [5.41, 5.74) is 0. The highest BCUT2D eigenvalue weighted by Gasteiger charge is 2.84. The van der Waals surface area contributed by atoms with Crippen LogP contribution in [0, 0.1) is 0 Å². The van der Waals surface area contributed by atoms with Crippen molar-refractivity contribution in [2.75, 3.05) is 0 Å². The second kappa shape index (κ2) is 14.6. The van der Waals surface area contributed by atoms with E-state index in [1.807, 2.05) is 182 Å². The van der Waals surface area contributed by atoms with Gasteiger partial charge in [-0.3, -0.25) is 27.1 Å². The van der Waals surface area contributed by atoms with Gasteiger partial charge >= 0.3 is 24.1 Å². The second-order valence-electron chi connectivity index (χ2n) is 10.4. The fourth-order valence-corrected chi connectivity index (χ4v) is 15.2. The minimum Gasteiger partial charge on any atom is -0.268 e. The summed E-state index contributed by atoms with van der Waals surface area (Å²) in [6.45, 7) is 0. The average Bonchev–Trinajstić information content (AvgIpc) is 3.10. The Kier molecular flexibility index (Phi) is 9.69. The van der Waals surface area contributed by atoms with Gasteiger partial charge in [0, 0.05) is 0 Å². The Labute approximate surface area is 281 Å². The molecule has 7 rings (SSSR count). The van der Waals surface area contributed by atoms with Crippen LogP contribution >= 0.6 is 24.1 Å². The van der Waals surface area contributed by atoms with Crippen molar-refractivity contribution in [1.82, 2.24) is 14.6 Å². The largest absolute Gasteiger partial charge is 0.600 e. The summed E-state index contributed by atoms with van der Waals surface area (Å²) in [5, 5.41) is 0. The molecule has 0 atom stereocenters. The summed E-state index contributed by atoms with van der Waals surface area (Å²) in [4.78, 5) is 10.7. The van der Waals surface area contributed by atoms with Crippen LogP contribution in [0.1, 0.15) is 0 Å². The molecule has 0 aromatic heterocycles. The summed E-state index contributed by atoms with van der Waals surface area (Å²) in [5.74, 6) is 3.24. The molecule has 0 radical (unpaired) electrons. The highest BCUT2D eigenvalue weighted by atomic mass is 31.3. The zero-order valence-corrected chi connectivity index (χ0v) is 28.3. The lowest BCUT2D eigenvalue weighted by atomic mass is 10.3. The van der Waals surface area contributed by atoms with Crippen LogP contribution in [-0.2, 0) is 0 Å². The van der Waals surface area contributed by atoms with Gasteiger partial charge in [0.1, 0.15) is 14.6 Å². The fourth-order valence-electron chi connectivity index (χ4n) is 4.67. The van der Waals surface area contributed by atoms with Gasteiger partial charge in [0.2, 0.25) is 0 Å². The number of hydrogen-bond acceptors (Lipinski definition) is 9. The van der Waals surface area contributed by atoms with Gasteiger partial charge in [0.15, 0.2) is 34.5 Å². The van der Waals surface area contributed by atoms with Crippen LogP contribution in [0.2, 0.25) is 0 Å². The Morgan fingerprint density at radius 2 is 0.375 bits per heavy atom. The molecule has 0 spiro atoms. The molecule has 3 N–H and O–H groups in total. The van der Waals surface area contributed by atoms with E-state index in [0.29, 0.717) is 34.5 Å². The van der Waals surface area contributed by atoms with Crippen molar-refractivity contribution in [3.05, 3.63) is 182 Å². The van der Waals surface area contributed by atoms with E-state index in [0.717, 1.165) is 0 Å². The van der Waals surface area contributed by atoms with E-state index in [1.165, 1.54) is 0 Å². The molecule has 9 nitrogen and oxygen atoms in total. The molecule has 12 heteroatoms. The van der Waals surface area contributed by atoms with Crippen molar-refractivity contribution in [1.29, 1.82) is 0 Å². The van der Waals surface area contributed by atoms with Gasteiger partial charge in [0.05, 0.1) is 0 Å². The summed E-state index contributed by atoms with van der Waals surface area (Å²) in [6.07, 6.45) is 0. The van der Waals surface area contributed by atoms with Crippen molar-refractivity contribution in [3.8, 4) is 34.5 Å². The summed E-state index contributed by atoms with van der Waals surface area (Å²) in [6, 6.07) is 56.5. The molecule has 0 aliphatic carbocycles. The molecule has 1 aliphatic rings. The third-order valence-electron chi connectivity index (χ3n) is 6.65. The molecule has 240 valence electrons. The van der Waals surface area contributed by atoms with Crippen LogP contribution in [-0.4, -0.2) is 0 Å². The van der Waals surface area contributed by atoms with Gasteiger partial charge < -0.3 is 0 Å². The van der Waals surface area contributed by atoms with Crippen molar-refractivity contribution in [2.24, 2.45) is 0 Å². The number of nitrogens with one attached hydrogen (secondary N) is 3. The normalized spacial score (nSPS) is 15.8. The van der Waals surface area contributed by atoms with Gasteiger partial charge in [0.25, 0.3) is 0 Å². The molecule has 0 saturated carbocycles. The van der Waals surface area contributed by atoms with Crippen molar-refractivity contribution in [2.45, 2.75) is 0 Å². The molecule has 1 saturated heterocycles. The van der Waals surface area contributed by atoms with Crippen LogP contribution in [0.3, 0.4) is 0 Å². The number of para-hydroxylation sites is 6. The maximum absolute atomic E-state index is 6.87. The molecule has 1 fully saturated rings. The van der Waals surface area contributed by atoms with E-state index in [9.17, 15) is 0 Å². The second-order valence-corrected chi connectivity index (χ2v) is 17.2. The third-order valence-corrected chi connectivity index (χ3v) is 15.8. The smallest absolute Gasteiger partial charge is 0.268 e. The number of hydrogen-bond donors (Lipinski definition) is 3. The van der Waals surface area contributed by atoms with Gasteiger partial charge in [-0.05, 0) is 72.8 Å². The Hall–Kier alpha value is -4.71. The average molecular weight is 697 g/mol. The molecule has 6 aromatic rings. The Balaban J connectivity index is 1.44. The van der Waals surface area contributed by atoms with E-state index >= 15 is 0 Å². The molecule has 1 aliphatic heterocycles. The van der Waals surface area contributed by atoms with Gasteiger partial charge in [-0.15, -0.1) is 0 Å². The highest BCUT2D eigenvalue weighted by molar-refractivity contribution is 7.93. The number of benzene rings is 6. The van der Waals surface area contributed by atoms with Crippen LogP contribution in [0.5, 0.6) is 34.5 Å². The van der Waals surface area contributed by atoms with Gasteiger partial charge in [-0.2, -0.15) is 0 Å². The maximum Gasteiger partial charge on any atom is 0.600 e. The Morgan fingerprint density at radius 3 is 0.521 bits per heavy atom. The quantitative estimate of drug-likeness (QED) is 0.108. The SMILES string of the molecule is c1ccc(O[P+]2(Oc3ccccc3)N[P+](Oc3ccccc3)(Oc3ccccc3)N[P+](Oc3ccccc3)(Oc3ccccc3)N2)cc1. The minimum atomic E-state index is -3.59. The molecule has 6 aromatic carbocycles. The molecular formula is C36H33N3O6P3+3. The zero-order chi connectivity index (χ0) is 32.5. The topological polar surface area (TPSA) is 91.5 Å². The molecule has 1 heterocycles. The van der Waals surface area contributed by atoms with Crippen molar-refractivity contribution < 1.29 is 27.1 Å². The van der Waals surface area contributed by atoms with Crippen LogP contribution < -0.4 is 41.7 Å². The van der Waals surface area contributed by atoms with Gasteiger partial charge in [-0.1, -0.05) is 109 Å². The standard InChI is InChI=1S/C36H33N3O6P3/c1-7-19-31(20-8-1)40-46(41-32-21-9-2-10-22-32)37-47(42-33-23-11-3-12-24-33,43-34-25-13-4-14-26-34)39-48(38-46,44-35-27-15-5-16-28-35)45-36-29-17-6-18-30-36/h1-30,37-39H/q+3. The Morgan fingerprint density at radius 1 is 0.229 bits per heavy atom. The van der Waals surface area contributed by atoms with Crippen LogP contribution in [0.15, 0.2) is 182 Å². The maximum atomic E-state index is 6.87. The highest BCUT2D eigenvalue weighted by Crippen LogP contribution is 2.79. The monoisotopic (exact) mass is 696 g/mol. The van der Waals surface area contributed by atoms with Crippen LogP contribution in [0.25, 0.3) is 0 Å². The first-order valence-corrected chi connectivity index (χ1v) is 20.0. The van der Waals surface area contributed by atoms with E-state index in [-0.39, 0.29) is 0 Å². The van der Waals surface area contributed by atoms with E-state index in [1.54, 1.807) is 0 Å². The first-order valence-electron chi connectivity index (χ1n) is 15.1. The van der Waals surface area contributed by atoms with Crippen molar-refractivity contribution >= 4 is 24.1 Å². The lowest BCUT2D eigenvalue weighted by Crippen LogP contribution is -2.52. The fraction of sp³-hybridized carbons (Fsp3) is 0. The number of rotatable bonds is 12. The summed E-state index contributed by atoms with van der Waals surface area (Å²) >= 11 is 0. The van der Waals surface area contributed by atoms with E-state index in [4.69, 9.17) is 27.1 Å². The molecule has 0 amide bonds. The zero-order valence-electron chi connectivity index (χ0n) is 25.6. The Bertz CT molecular complexity index is 1510. The first kappa shape index (κ1) is 31.9. The molecule has 48 heavy (non-hydrogen) atoms. The minimum absolute atomic E-state index is 0.540. The third kappa shape index (κ3) is 8.04. The molecular weight excluding hydrogens is 663 g/mol. The predicted molar refractivity (Wildman–Crippen MR) is 193 cm³/mol. The summed E-state index contributed by atoms with van der Waals surface area (Å²) < 4.78 is 41.2. The lowest BCUT2D eigenvalue weighted by molar-refractivity contribution is 0.385. The predicted octanol–water partition coefficient (Wildman–Crippen LogP) is 10.3. The van der Waals surface area contributed by atoms with Crippen LogP contribution in [0.4, 0.5) is 0 Å². The van der Waals surface area contributed by atoms with E-state index in [2.05, 4.69) is 14.6 Å². The van der Waals surface area contributed by atoms with Gasteiger partial charge in [-0.25, -0.2) is 0 Å². The summed E-state index contributed by atoms with van der Waals surface area (Å²) in [7, 11) is -10.8.